The van der Waals surface area contributed by atoms with Crippen molar-refractivity contribution in [3.63, 3.8) is 0 Å². The fourth-order valence-corrected chi connectivity index (χ4v) is 4.25. The van der Waals surface area contributed by atoms with Crippen LogP contribution in [0.1, 0.15) is 42.9 Å². The summed E-state index contributed by atoms with van der Waals surface area (Å²) in [5.41, 5.74) is 1.92. The third-order valence-corrected chi connectivity index (χ3v) is 5.22. The molecule has 1 aromatic rings. The first kappa shape index (κ1) is 15.1. The minimum atomic E-state index is 0.312. The van der Waals surface area contributed by atoms with E-state index < -0.39 is 0 Å². The predicted octanol–water partition coefficient (Wildman–Crippen LogP) is 3.49. The lowest BCUT2D eigenvalue weighted by atomic mass is 9.88. The molecule has 0 amide bonds. The number of benzene rings is 1. The van der Waals surface area contributed by atoms with Crippen LogP contribution in [0.2, 0.25) is 5.02 Å². The standard InChI is InChI=1S/C17H25ClN2O/c1-12-10-14(18)11-15(17(12)21)16(13-4-2-3-5-13)20-8-6-19-7-9-20/h10-11,13,16,19,21H,2-9H2,1H3/t16-/m0/s1. The van der Waals surface area contributed by atoms with Gasteiger partial charge in [0.25, 0.3) is 0 Å². The smallest absolute Gasteiger partial charge is 0.123 e. The minimum absolute atomic E-state index is 0.312. The van der Waals surface area contributed by atoms with E-state index in [-0.39, 0.29) is 0 Å². The Hall–Kier alpha value is -0.770. The summed E-state index contributed by atoms with van der Waals surface area (Å²) in [6, 6.07) is 4.14. The van der Waals surface area contributed by atoms with Gasteiger partial charge >= 0.3 is 0 Å². The molecule has 0 unspecified atom stereocenters. The van der Waals surface area contributed by atoms with E-state index in [4.69, 9.17) is 11.6 Å². The van der Waals surface area contributed by atoms with Crippen molar-refractivity contribution in [1.29, 1.82) is 0 Å². The molecule has 116 valence electrons. The molecule has 3 rings (SSSR count). The Morgan fingerprint density at radius 3 is 2.57 bits per heavy atom. The highest BCUT2D eigenvalue weighted by atomic mass is 35.5. The van der Waals surface area contributed by atoms with Gasteiger partial charge < -0.3 is 10.4 Å². The van der Waals surface area contributed by atoms with Crippen LogP contribution in [-0.4, -0.2) is 36.2 Å². The van der Waals surface area contributed by atoms with Crippen LogP contribution >= 0.6 is 11.6 Å². The summed E-state index contributed by atoms with van der Waals surface area (Å²) in [6.45, 7) is 6.10. The fraction of sp³-hybridized carbons (Fsp3) is 0.647. The number of hydrogen-bond acceptors (Lipinski definition) is 3. The van der Waals surface area contributed by atoms with Gasteiger partial charge in [0.1, 0.15) is 5.75 Å². The summed E-state index contributed by atoms with van der Waals surface area (Å²) in [6.07, 6.45) is 5.15. The molecular weight excluding hydrogens is 284 g/mol. The summed E-state index contributed by atoms with van der Waals surface area (Å²) in [4.78, 5) is 2.54. The van der Waals surface area contributed by atoms with Crippen molar-refractivity contribution in [2.75, 3.05) is 26.2 Å². The molecule has 4 heteroatoms. The van der Waals surface area contributed by atoms with E-state index in [1.54, 1.807) is 0 Å². The summed E-state index contributed by atoms with van der Waals surface area (Å²) in [7, 11) is 0. The minimum Gasteiger partial charge on any atom is -0.507 e. The Bertz CT molecular complexity index is 494. The molecule has 21 heavy (non-hydrogen) atoms. The van der Waals surface area contributed by atoms with Gasteiger partial charge in [-0.15, -0.1) is 0 Å². The SMILES string of the molecule is Cc1cc(Cl)cc([C@H](C2CCCC2)N2CCNCC2)c1O. The molecular formula is C17H25ClN2O. The number of halogens is 1. The zero-order valence-electron chi connectivity index (χ0n) is 12.7. The van der Waals surface area contributed by atoms with Crippen molar-refractivity contribution in [1.82, 2.24) is 10.2 Å². The first-order chi connectivity index (χ1) is 10.2. The average molecular weight is 309 g/mol. The van der Waals surface area contributed by atoms with E-state index >= 15 is 0 Å². The van der Waals surface area contributed by atoms with Crippen molar-refractivity contribution < 1.29 is 5.11 Å². The largest absolute Gasteiger partial charge is 0.507 e. The van der Waals surface area contributed by atoms with Gasteiger partial charge in [-0.3, -0.25) is 4.90 Å². The number of hydrogen-bond donors (Lipinski definition) is 2. The summed E-state index contributed by atoms with van der Waals surface area (Å²) < 4.78 is 0. The van der Waals surface area contributed by atoms with Gasteiger partial charge in [0.05, 0.1) is 0 Å². The first-order valence-electron chi connectivity index (χ1n) is 8.10. The molecule has 1 atom stereocenters. The Morgan fingerprint density at radius 1 is 1.24 bits per heavy atom. The molecule has 0 radical (unpaired) electrons. The number of nitrogens with one attached hydrogen (secondary N) is 1. The number of nitrogens with zero attached hydrogens (tertiary/aromatic N) is 1. The van der Waals surface area contributed by atoms with E-state index in [0.717, 1.165) is 42.3 Å². The van der Waals surface area contributed by atoms with Crippen LogP contribution in [0.4, 0.5) is 0 Å². The normalized spacial score (nSPS) is 22.6. The molecule has 2 aliphatic rings. The molecule has 0 aromatic heterocycles. The molecule has 2 N–H and O–H groups in total. The lowest BCUT2D eigenvalue weighted by Gasteiger charge is -2.39. The van der Waals surface area contributed by atoms with Crippen LogP contribution in [0.3, 0.4) is 0 Å². The van der Waals surface area contributed by atoms with E-state index in [0.29, 0.717) is 17.7 Å². The van der Waals surface area contributed by atoms with Crippen molar-refractivity contribution in [2.45, 2.75) is 38.6 Å². The average Bonchev–Trinajstić information content (AvgIpc) is 2.99. The number of phenols is 1. The highest BCUT2D eigenvalue weighted by Crippen LogP contribution is 2.44. The lowest BCUT2D eigenvalue weighted by molar-refractivity contribution is 0.123. The molecule has 1 aromatic carbocycles. The van der Waals surface area contributed by atoms with Crippen LogP contribution in [0, 0.1) is 12.8 Å². The van der Waals surface area contributed by atoms with Crippen LogP contribution in [0.15, 0.2) is 12.1 Å². The molecule has 2 fully saturated rings. The molecule has 1 saturated carbocycles. The first-order valence-corrected chi connectivity index (χ1v) is 8.48. The molecule has 1 aliphatic heterocycles. The van der Waals surface area contributed by atoms with Crippen molar-refractivity contribution in [3.8, 4) is 5.75 Å². The van der Waals surface area contributed by atoms with Crippen molar-refractivity contribution in [2.24, 2.45) is 5.92 Å². The highest BCUT2D eigenvalue weighted by Gasteiger charge is 2.33. The molecule has 0 spiro atoms. The predicted molar refractivity (Wildman–Crippen MR) is 87.0 cm³/mol. The van der Waals surface area contributed by atoms with Gasteiger partial charge in [0.2, 0.25) is 0 Å². The van der Waals surface area contributed by atoms with Crippen LogP contribution < -0.4 is 5.32 Å². The maximum Gasteiger partial charge on any atom is 0.123 e. The summed E-state index contributed by atoms with van der Waals surface area (Å²) >= 11 is 6.27. The number of aromatic hydroxyl groups is 1. The Labute approximate surface area is 132 Å². The quantitative estimate of drug-likeness (QED) is 0.897. The third-order valence-electron chi connectivity index (χ3n) is 5.00. The highest BCUT2D eigenvalue weighted by molar-refractivity contribution is 6.30. The molecule has 0 bridgehead atoms. The zero-order chi connectivity index (χ0) is 14.8. The Balaban J connectivity index is 1.97. The van der Waals surface area contributed by atoms with Gasteiger partial charge in [0.15, 0.2) is 0 Å². The summed E-state index contributed by atoms with van der Waals surface area (Å²) in [5, 5.41) is 14.7. The molecule has 1 saturated heterocycles. The lowest BCUT2D eigenvalue weighted by Crippen LogP contribution is -2.46. The topological polar surface area (TPSA) is 35.5 Å². The second kappa shape index (κ2) is 6.55. The monoisotopic (exact) mass is 308 g/mol. The van der Waals surface area contributed by atoms with Crippen LogP contribution in [-0.2, 0) is 0 Å². The number of phenolic OH excluding ortho intramolecular Hbond substituents is 1. The number of rotatable bonds is 3. The Morgan fingerprint density at radius 2 is 1.90 bits per heavy atom. The van der Waals surface area contributed by atoms with Gasteiger partial charge in [-0.1, -0.05) is 24.4 Å². The fourth-order valence-electron chi connectivity index (χ4n) is 3.97. The second-order valence-electron chi connectivity index (χ2n) is 6.44. The number of piperazine rings is 1. The van der Waals surface area contributed by atoms with Crippen molar-refractivity contribution in [3.05, 3.63) is 28.3 Å². The summed E-state index contributed by atoms with van der Waals surface area (Å²) in [5.74, 6) is 1.08. The molecule has 1 heterocycles. The van der Waals surface area contributed by atoms with E-state index in [2.05, 4.69) is 10.2 Å². The number of aryl methyl sites for hydroxylation is 1. The van der Waals surface area contributed by atoms with Crippen molar-refractivity contribution >= 4 is 11.6 Å². The van der Waals surface area contributed by atoms with Gasteiger partial charge in [-0.25, -0.2) is 0 Å². The molecule has 1 aliphatic carbocycles. The Kier molecular flexibility index (Phi) is 4.72. The van der Waals surface area contributed by atoms with Crippen LogP contribution in [0.25, 0.3) is 0 Å². The van der Waals surface area contributed by atoms with E-state index in [9.17, 15) is 5.11 Å². The van der Waals surface area contributed by atoms with E-state index in [1.165, 1.54) is 25.7 Å². The van der Waals surface area contributed by atoms with E-state index in [1.807, 2.05) is 19.1 Å². The maximum atomic E-state index is 10.6. The van der Waals surface area contributed by atoms with Gasteiger partial charge in [-0.2, -0.15) is 0 Å². The maximum absolute atomic E-state index is 10.6. The molecule has 3 nitrogen and oxygen atoms in total. The van der Waals surface area contributed by atoms with Gasteiger partial charge in [0, 0.05) is 42.8 Å². The van der Waals surface area contributed by atoms with Gasteiger partial charge in [-0.05, 0) is 43.4 Å². The zero-order valence-corrected chi connectivity index (χ0v) is 13.5. The van der Waals surface area contributed by atoms with Crippen LogP contribution in [0.5, 0.6) is 5.75 Å². The second-order valence-corrected chi connectivity index (χ2v) is 6.87. The third kappa shape index (κ3) is 3.20.